The summed E-state index contributed by atoms with van der Waals surface area (Å²) in [4.78, 5) is 23.3. The molecule has 0 aliphatic carbocycles. The van der Waals surface area contributed by atoms with Gasteiger partial charge >= 0.3 is 5.97 Å². The number of carboxylic acids is 1. The van der Waals surface area contributed by atoms with E-state index in [1.165, 1.54) is 18.2 Å². The van der Waals surface area contributed by atoms with Crippen LogP contribution >= 0.6 is 0 Å². The van der Waals surface area contributed by atoms with Crippen LogP contribution in [0.25, 0.3) is 6.08 Å². The van der Waals surface area contributed by atoms with Gasteiger partial charge in [-0.2, -0.15) is 0 Å². The van der Waals surface area contributed by atoms with E-state index >= 15 is 0 Å². The number of aromatic carboxylic acids is 1. The summed E-state index contributed by atoms with van der Waals surface area (Å²) in [6.45, 7) is 0.188. The molecule has 0 unspecified atom stereocenters. The van der Waals surface area contributed by atoms with Crippen LogP contribution < -0.4 is 9.47 Å². The van der Waals surface area contributed by atoms with Gasteiger partial charge < -0.3 is 14.6 Å². The lowest BCUT2D eigenvalue weighted by Crippen LogP contribution is -2.06. The van der Waals surface area contributed by atoms with E-state index in [1.54, 1.807) is 36.4 Å². The van der Waals surface area contributed by atoms with Gasteiger partial charge in [0.1, 0.15) is 0 Å². The molecule has 0 aromatic heterocycles. The first-order valence-corrected chi connectivity index (χ1v) is 6.59. The maximum atomic E-state index is 12.2. The molecule has 0 radical (unpaired) electrons. The largest absolute Gasteiger partial charge is 0.478 e. The number of ketones is 1. The number of allylic oxidation sites excluding steroid dienone is 1. The minimum Gasteiger partial charge on any atom is -0.478 e. The van der Waals surface area contributed by atoms with E-state index in [2.05, 4.69) is 0 Å². The molecular weight excluding hydrogens is 284 g/mol. The number of carbonyl (C=O) groups is 2. The van der Waals surface area contributed by atoms with Crippen molar-refractivity contribution in [1.29, 1.82) is 0 Å². The van der Waals surface area contributed by atoms with Crippen LogP contribution in [0.1, 0.15) is 26.3 Å². The Kier molecular flexibility index (Phi) is 3.62. The molecule has 1 N–H and O–H groups in total. The molecule has 0 spiro atoms. The third-order valence-electron chi connectivity index (χ3n) is 3.25. The summed E-state index contributed by atoms with van der Waals surface area (Å²) in [5.74, 6) is -0.198. The van der Waals surface area contributed by atoms with E-state index in [0.717, 1.165) is 5.56 Å². The predicted octanol–water partition coefficient (Wildman–Crippen LogP) is 3.01. The van der Waals surface area contributed by atoms with Crippen LogP contribution in [-0.2, 0) is 0 Å². The molecular formula is C17H12O5. The first kappa shape index (κ1) is 13.9. The first-order valence-electron chi connectivity index (χ1n) is 6.59. The van der Waals surface area contributed by atoms with Gasteiger partial charge in [0.25, 0.3) is 0 Å². The van der Waals surface area contributed by atoms with Gasteiger partial charge in [0, 0.05) is 5.56 Å². The van der Waals surface area contributed by atoms with Gasteiger partial charge in [-0.3, -0.25) is 4.79 Å². The van der Waals surface area contributed by atoms with Gasteiger partial charge in [-0.15, -0.1) is 0 Å². The molecule has 0 saturated heterocycles. The van der Waals surface area contributed by atoms with Crippen LogP contribution in [0.5, 0.6) is 11.5 Å². The van der Waals surface area contributed by atoms with E-state index < -0.39 is 5.97 Å². The quantitative estimate of drug-likeness (QED) is 0.693. The van der Waals surface area contributed by atoms with Crippen molar-refractivity contribution in [1.82, 2.24) is 0 Å². The number of hydrogen-bond acceptors (Lipinski definition) is 4. The van der Waals surface area contributed by atoms with Crippen LogP contribution in [0.3, 0.4) is 0 Å². The Bertz CT molecular complexity index is 776. The predicted molar refractivity (Wildman–Crippen MR) is 79.3 cm³/mol. The summed E-state index contributed by atoms with van der Waals surface area (Å²) < 4.78 is 10.5. The maximum Gasteiger partial charge on any atom is 0.336 e. The second-order valence-electron chi connectivity index (χ2n) is 4.66. The third kappa shape index (κ3) is 2.69. The van der Waals surface area contributed by atoms with E-state index in [9.17, 15) is 9.59 Å². The molecule has 0 saturated carbocycles. The summed E-state index contributed by atoms with van der Waals surface area (Å²) in [7, 11) is 0. The number of hydrogen-bond donors (Lipinski definition) is 1. The van der Waals surface area contributed by atoms with Crippen molar-refractivity contribution in [2.75, 3.05) is 6.79 Å². The zero-order valence-corrected chi connectivity index (χ0v) is 11.5. The first-order chi connectivity index (χ1) is 10.6. The van der Waals surface area contributed by atoms with E-state index in [-0.39, 0.29) is 23.7 Å². The minimum absolute atomic E-state index is 0.0113. The lowest BCUT2D eigenvalue weighted by molar-refractivity contribution is 0.0693. The Morgan fingerprint density at radius 1 is 1.00 bits per heavy atom. The number of carboxylic acid groups (broad SMARTS) is 1. The number of fused-ring (bicyclic) bond motifs is 1. The van der Waals surface area contributed by atoms with Crippen LogP contribution in [0.2, 0.25) is 0 Å². The normalized spacial score (nSPS) is 12.5. The Morgan fingerprint density at radius 3 is 2.50 bits per heavy atom. The Balaban J connectivity index is 1.84. The number of ether oxygens (including phenoxy) is 2. The second-order valence-corrected chi connectivity index (χ2v) is 4.66. The van der Waals surface area contributed by atoms with Crippen molar-refractivity contribution in [2.45, 2.75) is 0 Å². The van der Waals surface area contributed by atoms with Gasteiger partial charge in [0.15, 0.2) is 17.3 Å². The molecule has 0 atom stereocenters. The molecule has 0 bridgehead atoms. The van der Waals surface area contributed by atoms with Gasteiger partial charge in [-0.05, 0) is 29.8 Å². The molecule has 0 amide bonds. The summed E-state index contributed by atoms with van der Waals surface area (Å²) in [6, 6.07) is 11.4. The van der Waals surface area contributed by atoms with Crippen LogP contribution in [0.4, 0.5) is 0 Å². The fourth-order valence-corrected chi connectivity index (χ4v) is 2.16. The van der Waals surface area contributed by atoms with Crippen LogP contribution in [0, 0.1) is 0 Å². The van der Waals surface area contributed by atoms with Crippen molar-refractivity contribution in [3.05, 3.63) is 65.2 Å². The van der Waals surface area contributed by atoms with Crippen molar-refractivity contribution in [3.8, 4) is 11.5 Å². The number of carbonyl (C=O) groups excluding carboxylic acids is 1. The molecule has 1 aliphatic heterocycles. The van der Waals surface area contributed by atoms with Gasteiger partial charge in [-0.25, -0.2) is 4.79 Å². The maximum absolute atomic E-state index is 12.2. The van der Waals surface area contributed by atoms with Gasteiger partial charge in [0.2, 0.25) is 6.79 Å². The molecule has 0 fully saturated rings. The number of benzene rings is 2. The second kappa shape index (κ2) is 5.73. The average Bonchev–Trinajstić information content (AvgIpc) is 3.00. The zero-order valence-electron chi connectivity index (χ0n) is 11.5. The summed E-state index contributed by atoms with van der Waals surface area (Å²) in [6.07, 6.45) is 2.96. The monoisotopic (exact) mass is 296 g/mol. The summed E-state index contributed by atoms with van der Waals surface area (Å²) in [5, 5.41) is 9.10. The topological polar surface area (TPSA) is 72.8 Å². The fraction of sp³-hybridized carbons (Fsp3) is 0.0588. The SMILES string of the molecule is O=C(O)c1ccccc1C(=O)C=Cc1ccc2c(c1)OCO2. The Morgan fingerprint density at radius 2 is 1.73 bits per heavy atom. The van der Waals surface area contributed by atoms with Crippen molar-refractivity contribution < 1.29 is 24.2 Å². The summed E-state index contributed by atoms with van der Waals surface area (Å²) >= 11 is 0. The van der Waals surface area contributed by atoms with Gasteiger partial charge in [0.05, 0.1) is 5.56 Å². The molecule has 5 heteroatoms. The lowest BCUT2D eigenvalue weighted by Gasteiger charge is -2.01. The average molecular weight is 296 g/mol. The Hall–Kier alpha value is -3.08. The van der Waals surface area contributed by atoms with E-state index in [4.69, 9.17) is 14.6 Å². The smallest absolute Gasteiger partial charge is 0.336 e. The molecule has 2 aromatic rings. The van der Waals surface area contributed by atoms with E-state index in [0.29, 0.717) is 11.5 Å². The van der Waals surface area contributed by atoms with Crippen LogP contribution in [-0.4, -0.2) is 23.7 Å². The van der Waals surface area contributed by atoms with Crippen molar-refractivity contribution in [2.24, 2.45) is 0 Å². The fourth-order valence-electron chi connectivity index (χ4n) is 2.16. The molecule has 5 nitrogen and oxygen atoms in total. The number of rotatable bonds is 4. The standard InChI is InChI=1S/C17H12O5/c18-14(12-3-1-2-4-13(12)17(19)20)7-5-11-6-8-15-16(9-11)22-10-21-15/h1-9H,10H2,(H,19,20). The van der Waals surface area contributed by atoms with Crippen molar-refractivity contribution >= 4 is 17.8 Å². The highest BCUT2D eigenvalue weighted by Gasteiger charge is 2.14. The highest BCUT2D eigenvalue weighted by Crippen LogP contribution is 2.32. The summed E-state index contributed by atoms with van der Waals surface area (Å²) in [5.41, 5.74) is 0.917. The Labute approximate surface area is 126 Å². The molecule has 2 aromatic carbocycles. The zero-order chi connectivity index (χ0) is 15.5. The molecule has 3 rings (SSSR count). The molecule has 110 valence electrons. The van der Waals surface area contributed by atoms with E-state index in [1.807, 2.05) is 0 Å². The molecule has 1 aliphatic rings. The van der Waals surface area contributed by atoms with Gasteiger partial charge in [-0.1, -0.05) is 30.3 Å². The van der Waals surface area contributed by atoms with Crippen molar-refractivity contribution in [3.63, 3.8) is 0 Å². The lowest BCUT2D eigenvalue weighted by atomic mass is 10.0. The highest BCUT2D eigenvalue weighted by molar-refractivity contribution is 6.12. The van der Waals surface area contributed by atoms with Crippen LogP contribution in [0.15, 0.2) is 48.5 Å². The highest BCUT2D eigenvalue weighted by atomic mass is 16.7. The minimum atomic E-state index is -1.12. The third-order valence-corrected chi connectivity index (χ3v) is 3.25. The molecule has 22 heavy (non-hydrogen) atoms. The molecule has 1 heterocycles.